The van der Waals surface area contributed by atoms with E-state index in [2.05, 4.69) is 110 Å². The molecule has 0 saturated heterocycles. The maximum absolute atomic E-state index is 5.42. The Labute approximate surface area is 186 Å². The maximum Gasteiger partial charge on any atom is 0.119 e. The molecule has 0 aliphatic carbocycles. The van der Waals surface area contributed by atoms with Crippen molar-refractivity contribution in [2.45, 2.75) is 38.3 Å². The van der Waals surface area contributed by atoms with Crippen LogP contribution in [-0.4, -0.2) is 7.11 Å². The van der Waals surface area contributed by atoms with Crippen LogP contribution in [0.4, 0.5) is 5.69 Å². The first kappa shape index (κ1) is 21.0. The van der Waals surface area contributed by atoms with Crippen LogP contribution in [0, 0.1) is 0 Å². The van der Waals surface area contributed by atoms with Crippen molar-refractivity contribution in [1.82, 2.24) is 0 Å². The highest BCUT2D eigenvalue weighted by atomic mass is 16.5. The van der Waals surface area contributed by atoms with Gasteiger partial charge in [-0.2, -0.15) is 0 Å². The average Bonchev–Trinajstić information content (AvgIpc) is 3.06. The third-order valence-electron chi connectivity index (χ3n) is 6.47. The fourth-order valence-electron chi connectivity index (χ4n) is 4.96. The van der Waals surface area contributed by atoms with Crippen molar-refractivity contribution in [3.63, 3.8) is 0 Å². The van der Waals surface area contributed by atoms with Gasteiger partial charge in [-0.1, -0.05) is 78.9 Å². The summed E-state index contributed by atoms with van der Waals surface area (Å²) < 4.78 is 5.42. The molecule has 0 unspecified atom stereocenters. The molecule has 0 bridgehead atoms. The molecule has 1 heterocycles. The molecular formula is C29H31NO. The fourth-order valence-corrected chi connectivity index (χ4v) is 4.96. The summed E-state index contributed by atoms with van der Waals surface area (Å²) in [6.07, 6.45) is 6.35. The average molecular weight is 410 g/mol. The Morgan fingerprint density at radius 1 is 1.00 bits per heavy atom. The summed E-state index contributed by atoms with van der Waals surface area (Å²) in [5.74, 6) is 0.876. The van der Waals surface area contributed by atoms with Crippen LogP contribution in [0.25, 0.3) is 0 Å². The molecule has 2 heteroatoms. The number of aryl methyl sites for hydroxylation is 1. The quantitative estimate of drug-likeness (QED) is 0.381. The molecule has 4 rings (SSSR count). The van der Waals surface area contributed by atoms with Crippen LogP contribution in [0.2, 0.25) is 0 Å². The van der Waals surface area contributed by atoms with Gasteiger partial charge in [0, 0.05) is 5.69 Å². The Bertz CT molecular complexity index is 1070. The second-order valence-corrected chi connectivity index (χ2v) is 8.33. The van der Waals surface area contributed by atoms with Gasteiger partial charge in [0.2, 0.25) is 0 Å². The molecule has 0 amide bonds. The summed E-state index contributed by atoms with van der Waals surface area (Å²) >= 11 is 0. The molecular weight excluding hydrogens is 378 g/mol. The molecule has 0 N–H and O–H groups in total. The standard InChI is InChI=1S/C29H31NO/c1-5-22(2)21-29(20-19-24-11-7-6-8-12-24)28-14-10-9-13-27(28)23(3)30(29)25-15-17-26(31-4)18-16-25/h5-18,21,23H,1,19-20H2,2-4H3/b22-21+/t23-,29+/m1/s1. The predicted octanol–water partition coefficient (Wildman–Crippen LogP) is 7.24. The van der Waals surface area contributed by atoms with Crippen LogP contribution in [0.15, 0.2) is 103 Å². The van der Waals surface area contributed by atoms with Gasteiger partial charge in [-0.25, -0.2) is 0 Å². The maximum atomic E-state index is 5.42. The highest BCUT2D eigenvalue weighted by Crippen LogP contribution is 2.52. The minimum Gasteiger partial charge on any atom is -0.497 e. The van der Waals surface area contributed by atoms with Crippen LogP contribution in [-0.2, 0) is 12.0 Å². The summed E-state index contributed by atoms with van der Waals surface area (Å²) in [5, 5.41) is 0. The third kappa shape index (κ3) is 3.90. The number of rotatable bonds is 7. The van der Waals surface area contributed by atoms with Crippen molar-refractivity contribution in [2.24, 2.45) is 0 Å². The Morgan fingerprint density at radius 2 is 1.68 bits per heavy atom. The Morgan fingerprint density at radius 3 is 2.35 bits per heavy atom. The summed E-state index contributed by atoms with van der Waals surface area (Å²) in [5.41, 5.74) is 6.27. The molecule has 2 nitrogen and oxygen atoms in total. The number of anilines is 1. The minimum atomic E-state index is -0.251. The van der Waals surface area contributed by atoms with Crippen LogP contribution in [0.1, 0.15) is 43.0 Å². The van der Waals surface area contributed by atoms with Crippen LogP contribution in [0.5, 0.6) is 5.75 Å². The lowest BCUT2D eigenvalue weighted by Gasteiger charge is -2.42. The van der Waals surface area contributed by atoms with E-state index in [1.807, 2.05) is 6.08 Å². The smallest absolute Gasteiger partial charge is 0.119 e. The van der Waals surface area contributed by atoms with E-state index in [1.165, 1.54) is 28.0 Å². The SMILES string of the molecule is C=C/C(C)=C/[C@@]1(CCc2ccccc2)c2ccccc2[C@@H](C)N1c1ccc(OC)cc1. The van der Waals surface area contributed by atoms with Crippen LogP contribution in [0.3, 0.4) is 0 Å². The van der Waals surface area contributed by atoms with Gasteiger partial charge in [-0.15, -0.1) is 0 Å². The number of allylic oxidation sites excluding steroid dienone is 2. The van der Waals surface area contributed by atoms with Gasteiger partial charge in [-0.05, 0) is 67.6 Å². The molecule has 0 aromatic heterocycles. The number of ether oxygens (including phenoxy) is 1. The molecule has 3 aromatic rings. The Hall–Kier alpha value is -3.26. The largest absolute Gasteiger partial charge is 0.497 e. The van der Waals surface area contributed by atoms with Gasteiger partial charge in [-0.3, -0.25) is 0 Å². The second-order valence-electron chi connectivity index (χ2n) is 8.33. The molecule has 2 atom stereocenters. The molecule has 0 radical (unpaired) electrons. The first-order valence-electron chi connectivity index (χ1n) is 11.0. The van der Waals surface area contributed by atoms with Gasteiger partial charge in [0.25, 0.3) is 0 Å². The Balaban J connectivity index is 1.88. The van der Waals surface area contributed by atoms with Gasteiger partial charge in [0.05, 0.1) is 18.7 Å². The van der Waals surface area contributed by atoms with Crippen molar-refractivity contribution in [3.8, 4) is 5.75 Å². The van der Waals surface area contributed by atoms with Gasteiger partial charge < -0.3 is 9.64 Å². The number of benzene rings is 3. The molecule has 0 spiro atoms. The van der Waals surface area contributed by atoms with E-state index in [9.17, 15) is 0 Å². The summed E-state index contributed by atoms with van der Waals surface area (Å²) in [7, 11) is 1.71. The lowest BCUT2D eigenvalue weighted by molar-refractivity contribution is 0.414. The summed E-state index contributed by atoms with van der Waals surface area (Å²) in [4.78, 5) is 2.58. The number of hydrogen-bond donors (Lipinski definition) is 0. The van der Waals surface area contributed by atoms with Crippen LogP contribution < -0.4 is 9.64 Å². The predicted molar refractivity (Wildman–Crippen MR) is 131 cm³/mol. The summed E-state index contributed by atoms with van der Waals surface area (Å²) in [6, 6.07) is 28.4. The van der Waals surface area contributed by atoms with Crippen molar-refractivity contribution < 1.29 is 4.74 Å². The van der Waals surface area contributed by atoms with E-state index in [-0.39, 0.29) is 11.6 Å². The highest BCUT2D eigenvalue weighted by Gasteiger charge is 2.47. The molecule has 31 heavy (non-hydrogen) atoms. The molecule has 1 aliphatic rings. The van der Waals surface area contributed by atoms with E-state index in [1.54, 1.807) is 7.11 Å². The van der Waals surface area contributed by atoms with Crippen molar-refractivity contribution in [1.29, 1.82) is 0 Å². The van der Waals surface area contributed by atoms with Gasteiger partial charge in [0.1, 0.15) is 5.75 Å². The van der Waals surface area contributed by atoms with E-state index in [4.69, 9.17) is 4.74 Å². The number of nitrogens with zero attached hydrogens (tertiary/aromatic N) is 1. The van der Waals surface area contributed by atoms with E-state index >= 15 is 0 Å². The number of fused-ring (bicyclic) bond motifs is 1. The molecule has 0 fully saturated rings. The molecule has 1 aliphatic heterocycles. The van der Waals surface area contributed by atoms with Gasteiger partial charge in [0.15, 0.2) is 0 Å². The number of hydrogen-bond acceptors (Lipinski definition) is 2. The molecule has 158 valence electrons. The molecule has 3 aromatic carbocycles. The van der Waals surface area contributed by atoms with Crippen molar-refractivity contribution >= 4 is 5.69 Å². The normalized spacial score (nSPS) is 20.4. The molecule has 0 saturated carbocycles. The topological polar surface area (TPSA) is 12.5 Å². The fraction of sp³-hybridized carbons (Fsp3) is 0.241. The monoisotopic (exact) mass is 409 g/mol. The zero-order valence-electron chi connectivity index (χ0n) is 18.7. The Kier molecular flexibility index (Phi) is 5.99. The second kappa shape index (κ2) is 8.85. The van der Waals surface area contributed by atoms with Gasteiger partial charge >= 0.3 is 0 Å². The first-order chi connectivity index (χ1) is 15.1. The minimum absolute atomic E-state index is 0.251. The zero-order chi connectivity index (χ0) is 21.8. The van der Waals surface area contributed by atoms with Crippen LogP contribution >= 0.6 is 0 Å². The lowest BCUT2D eigenvalue weighted by Crippen LogP contribution is -2.41. The van der Waals surface area contributed by atoms with E-state index in [0.717, 1.165) is 18.6 Å². The summed E-state index contributed by atoms with van der Waals surface area (Å²) in [6.45, 7) is 8.50. The first-order valence-corrected chi connectivity index (χ1v) is 11.0. The number of methoxy groups -OCH3 is 1. The highest BCUT2D eigenvalue weighted by molar-refractivity contribution is 5.63. The van der Waals surface area contributed by atoms with Crippen molar-refractivity contribution in [2.75, 3.05) is 12.0 Å². The van der Waals surface area contributed by atoms with Crippen molar-refractivity contribution in [3.05, 3.63) is 120 Å². The third-order valence-corrected chi connectivity index (χ3v) is 6.47. The zero-order valence-corrected chi connectivity index (χ0v) is 18.7. The lowest BCUT2D eigenvalue weighted by atomic mass is 9.82. The van der Waals surface area contributed by atoms with E-state index < -0.39 is 0 Å². The van der Waals surface area contributed by atoms with E-state index in [0.29, 0.717) is 0 Å².